The molecule has 4 nitrogen and oxygen atoms in total. The van der Waals surface area contributed by atoms with Crippen LogP contribution >= 0.6 is 0 Å². The Labute approximate surface area is 129 Å². The highest BCUT2D eigenvalue weighted by Crippen LogP contribution is 2.27. The fraction of sp³-hybridized carbons (Fsp3) is 0.941. The van der Waals surface area contributed by atoms with E-state index >= 15 is 0 Å². The third kappa shape index (κ3) is 6.25. The average molecular weight is 296 g/mol. The van der Waals surface area contributed by atoms with Crippen LogP contribution in [0.4, 0.5) is 4.79 Å². The van der Waals surface area contributed by atoms with Gasteiger partial charge in [-0.25, -0.2) is 4.79 Å². The van der Waals surface area contributed by atoms with Crippen molar-refractivity contribution in [2.45, 2.75) is 89.8 Å². The number of rotatable bonds is 5. The summed E-state index contributed by atoms with van der Waals surface area (Å²) in [6.45, 7) is 6.83. The molecule has 2 aliphatic rings. The van der Waals surface area contributed by atoms with Gasteiger partial charge < -0.3 is 15.4 Å². The summed E-state index contributed by atoms with van der Waals surface area (Å²) in [5, 5.41) is 6.66. The first-order valence-corrected chi connectivity index (χ1v) is 8.65. The van der Waals surface area contributed by atoms with Crippen molar-refractivity contribution >= 4 is 6.09 Å². The van der Waals surface area contributed by atoms with E-state index in [0.29, 0.717) is 6.04 Å². The van der Waals surface area contributed by atoms with E-state index in [1.807, 2.05) is 20.8 Å². The van der Waals surface area contributed by atoms with Gasteiger partial charge in [0.25, 0.3) is 0 Å². The topological polar surface area (TPSA) is 50.4 Å². The van der Waals surface area contributed by atoms with Gasteiger partial charge in [0.1, 0.15) is 5.60 Å². The molecule has 2 atom stereocenters. The smallest absolute Gasteiger partial charge is 0.407 e. The van der Waals surface area contributed by atoms with Gasteiger partial charge in [-0.1, -0.05) is 25.7 Å². The number of nitrogens with one attached hydrogen (secondary N) is 2. The molecule has 0 aromatic heterocycles. The third-order valence-corrected chi connectivity index (χ3v) is 4.61. The Balaban J connectivity index is 1.58. The van der Waals surface area contributed by atoms with Crippen LogP contribution in [0.3, 0.4) is 0 Å². The van der Waals surface area contributed by atoms with Crippen molar-refractivity contribution in [2.24, 2.45) is 5.92 Å². The van der Waals surface area contributed by atoms with E-state index in [1.165, 1.54) is 32.1 Å². The van der Waals surface area contributed by atoms with Crippen LogP contribution in [-0.4, -0.2) is 30.3 Å². The van der Waals surface area contributed by atoms with Gasteiger partial charge in [-0.05, 0) is 58.9 Å². The predicted molar refractivity (Wildman–Crippen MR) is 85.4 cm³/mol. The van der Waals surface area contributed by atoms with Crippen molar-refractivity contribution in [3.63, 3.8) is 0 Å². The van der Waals surface area contributed by atoms with Gasteiger partial charge in [-0.15, -0.1) is 0 Å². The molecule has 2 saturated carbocycles. The monoisotopic (exact) mass is 296 g/mol. The largest absolute Gasteiger partial charge is 0.444 e. The molecule has 122 valence electrons. The summed E-state index contributed by atoms with van der Waals surface area (Å²) in [5.41, 5.74) is -0.415. The first-order chi connectivity index (χ1) is 9.92. The second kappa shape index (κ2) is 7.48. The Kier molecular flexibility index (Phi) is 5.91. The SMILES string of the molecule is CC(C)(C)OC(=O)NC1CCC(NCCC2CCCC2)C1. The zero-order valence-electron chi connectivity index (χ0n) is 13.9. The molecule has 2 aliphatic carbocycles. The quantitative estimate of drug-likeness (QED) is 0.815. The van der Waals surface area contributed by atoms with Crippen molar-refractivity contribution in [1.29, 1.82) is 0 Å². The number of hydrogen-bond donors (Lipinski definition) is 2. The Bertz CT molecular complexity index is 332. The van der Waals surface area contributed by atoms with Crippen LogP contribution in [0.1, 0.15) is 72.1 Å². The lowest BCUT2D eigenvalue weighted by Crippen LogP contribution is -2.39. The first-order valence-electron chi connectivity index (χ1n) is 8.65. The van der Waals surface area contributed by atoms with Gasteiger partial charge in [0.2, 0.25) is 0 Å². The normalized spacial score (nSPS) is 27.0. The van der Waals surface area contributed by atoms with E-state index in [2.05, 4.69) is 10.6 Å². The highest BCUT2D eigenvalue weighted by atomic mass is 16.6. The number of ether oxygens (including phenoxy) is 1. The molecule has 2 unspecified atom stereocenters. The first kappa shape index (κ1) is 16.6. The van der Waals surface area contributed by atoms with E-state index in [0.717, 1.165) is 31.7 Å². The summed E-state index contributed by atoms with van der Waals surface area (Å²) >= 11 is 0. The average Bonchev–Trinajstić information content (AvgIpc) is 2.98. The molecule has 2 fully saturated rings. The highest BCUT2D eigenvalue weighted by molar-refractivity contribution is 5.68. The van der Waals surface area contributed by atoms with Crippen molar-refractivity contribution in [2.75, 3.05) is 6.54 Å². The molecule has 2 N–H and O–H groups in total. The number of carbonyl (C=O) groups is 1. The van der Waals surface area contributed by atoms with E-state index < -0.39 is 5.60 Å². The number of carbonyl (C=O) groups excluding carboxylic acids is 1. The van der Waals surface area contributed by atoms with Gasteiger partial charge in [-0.3, -0.25) is 0 Å². The second-order valence-electron chi connectivity index (χ2n) is 7.75. The molecule has 0 spiro atoms. The van der Waals surface area contributed by atoms with Crippen molar-refractivity contribution in [3.05, 3.63) is 0 Å². The summed E-state index contributed by atoms with van der Waals surface area (Å²) in [5.74, 6) is 0.953. The maximum atomic E-state index is 11.8. The summed E-state index contributed by atoms with van der Waals surface area (Å²) < 4.78 is 5.31. The molecular weight excluding hydrogens is 264 g/mol. The molecule has 0 aliphatic heterocycles. The summed E-state index contributed by atoms with van der Waals surface area (Å²) in [4.78, 5) is 11.8. The van der Waals surface area contributed by atoms with Crippen LogP contribution in [0.5, 0.6) is 0 Å². The standard InChI is InChI=1S/C17H32N2O2/c1-17(2,3)21-16(20)19-15-9-8-14(12-15)18-11-10-13-6-4-5-7-13/h13-15,18H,4-12H2,1-3H3,(H,19,20). The molecule has 0 radical (unpaired) electrons. The minimum absolute atomic E-state index is 0.267. The molecule has 4 heteroatoms. The van der Waals surface area contributed by atoms with Crippen LogP contribution in [0.2, 0.25) is 0 Å². The van der Waals surface area contributed by atoms with Crippen molar-refractivity contribution in [1.82, 2.24) is 10.6 Å². The fourth-order valence-corrected chi connectivity index (χ4v) is 3.56. The Hall–Kier alpha value is -0.770. The van der Waals surface area contributed by atoms with Crippen LogP contribution in [0, 0.1) is 5.92 Å². The maximum Gasteiger partial charge on any atom is 0.407 e. The Morgan fingerprint density at radius 3 is 2.43 bits per heavy atom. The van der Waals surface area contributed by atoms with E-state index in [1.54, 1.807) is 0 Å². The minimum Gasteiger partial charge on any atom is -0.444 e. The van der Waals surface area contributed by atoms with E-state index in [-0.39, 0.29) is 12.1 Å². The van der Waals surface area contributed by atoms with Crippen LogP contribution in [-0.2, 0) is 4.74 Å². The second-order valence-corrected chi connectivity index (χ2v) is 7.75. The predicted octanol–water partition coefficient (Wildman–Crippen LogP) is 3.60. The number of amides is 1. The Morgan fingerprint density at radius 1 is 1.10 bits per heavy atom. The zero-order valence-corrected chi connectivity index (χ0v) is 13.9. The molecule has 0 aromatic rings. The lowest BCUT2D eigenvalue weighted by Gasteiger charge is -2.22. The van der Waals surface area contributed by atoms with Crippen LogP contribution in [0.25, 0.3) is 0 Å². The van der Waals surface area contributed by atoms with Crippen molar-refractivity contribution < 1.29 is 9.53 Å². The third-order valence-electron chi connectivity index (χ3n) is 4.61. The van der Waals surface area contributed by atoms with Gasteiger partial charge in [0.15, 0.2) is 0 Å². The minimum atomic E-state index is -0.415. The molecule has 2 rings (SSSR count). The lowest BCUT2D eigenvalue weighted by atomic mass is 10.0. The summed E-state index contributed by atoms with van der Waals surface area (Å²) in [6, 6.07) is 0.829. The van der Waals surface area contributed by atoms with Gasteiger partial charge in [-0.2, -0.15) is 0 Å². The molecule has 0 aromatic carbocycles. The van der Waals surface area contributed by atoms with Crippen molar-refractivity contribution in [3.8, 4) is 0 Å². The summed E-state index contributed by atoms with van der Waals surface area (Å²) in [6.07, 6.45) is 9.99. The highest BCUT2D eigenvalue weighted by Gasteiger charge is 2.27. The molecule has 21 heavy (non-hydrogen) atoms. The molecule has 0 saturated heterocycles. The summed E-state index contributed by atoms with van der Waals surface area (Å²) in [7, 11) is 0. The maximum absolute atomic E-state index is 11.8. The van der Waals surface area contributed by atoms with Gasteiger partial charge in [0, 0.05) is 12.1 Å². The molecular formula is C17H32N2O2. The molecule has 0 bridgehead atoms. The fourth-order valence-electron chi connectivity index (χ4n) is 3.56. The molecule has 0 heterocycles. The van der Waals surface area contributed by atoms with Gasteiger partial charge >= 0.3 is 6.09 Å². The van der Waals surface area contributed by atoms with Crippen LogP contribution < -0.4 is 10.6 Å². The number of hydrogen-bond acceptors (Lipinski definition) is 3. The van der Waals surface area contributed by atoms with E-state index in [9.17, 15) is 4.79 Å². The lowest BCUT2D eigenvalue weighted by molar-refractivity contribution is 0.0505. The van der Waals surface area contributed by atoms with E-state index in [4.69, 9.17) is 4.74 Å². The van der Waals surface area contributed by atoms with Gasteiger partial charge in [0.05, 0.1) is 0 Å². The zero-order chi connectivity index (χ0) is 15.3. The van der Waals surface area contributed by atoms with Crippen LogP contribution in [0.15, 0.2) is 0 Å². The Morgan fingerprint density at radius 2 is 1.76 bits per heavy atom. The molecule has 1 amide bonds. The number of alkyl carbamates (subject to hydrolysis) is 1.